The van der Waals surface area contributed by atoms with Gasteiger partial charge in [-0.1, -0.05) is 47.5 Å². The Balaban J connectivity index is 1.80. The normalized spacial score (nSPS) is 17.5. The lowest BCUT2D eigenvalue weighted by molar-refractivity contribution is 0.0691. The molecule has 0 saturated carbocycles. The van der Waals surface area contributed by atoms with Crippen molar-refractivity contribution in [2.24, 2.45) is 0 Å². The minimum absolute atomic E-state index is 0.0546. The number of hydrogen-bond donors (Lipinski definition) is 3. The highest BCUT2D eigenvalue weighted by atomic mass is 35.5. The van der Waals surface area contributed by atoms with Crippen LogP contribution in [0.25, 0.3) is 11.3 Å². The lowest BCUT2D eigenvalue weighted by Crippen LogP contribution is -2.23. The Labute approximate surface area is 182 Å². The predicted molar refractivity (Wildman–Crippen MR) is 114 cm³/mol. The van der Waals surface area contributed by atoms with Gasteiger partial charge in [-0.2, -0.15) is 0 Å². The summed E-state index contributed by atoms with van der Waals surface area (Å²) in [7, 11) is 1.40. The van der Waals surface area contributed by atoms with E-state index in [-0.39, 0.29) is 28.1 Å². The van der Waals surface area contributed by atoms with Crippen LogP contribution in [0.3, 0.4) is 0 Å². The predicted octanol–water partition coefficient (Wildman–Crippen LogP) is 4.23. The number of fused-ring (bicyclic) bond motifs is 1. The van der Waals surface area contributed by atoms with Gasteiger partial charge in [-0.3, -0.25) is 0 Å². The van der Waals surface area contributed by atoms with Gasteiger partial charge in [0.1, 0.15) is 5.69 Å². The van der Waals surface area contributed by atoms with Gasteiger partial charge in [-0.05, 0) is 29.3 Å². The lowest BCUT2D eigenvalue weighted by Gasteiger charge is -2.20. The third-order valence-electron chi connectivity index (χ3n) is 4.94. The number of aliphatic hydroxyl groups is 1. The van der Waals surface area contributed by atoms with Crippen molar-refractivity contribution in [3.05, 3.63) is 69.3 Å². The number of nitrogens with one attached hydrogen (secondary N) is 1. The monoisotopic (exact) mass is 445 g/mol. The van der Waals surface area contributed by atoms with Gasteiger partial charge in [0.2, 0.25) is 0 Å². The van der Waals surface area contributed by atoms with E-state index in [1.54, 1.807) is 12.1 Å². The molecule has 3 aromatic rings. The van der Waals surface area contributed by atoms with Crippen LogP contribution in [0.1, 0.15) is 27.7 Å². The number of benzene rings is 2. The second kappa shape index (κ2) is 8.10. The number of rotatable bonds is 5. The number of halogens is 2. The summed E-state index contributed by atoms with van der Waals surface area (Å²) < 4.78 is 5.36. The fourth-order valence-electron chi connectivity index (χ4n) is 3.57. The van der Waals surface area contributed by atoms with Crippen LogP contribution < -0.4 is 10.1 Å². The van der Waals surface area contributed by atoms with E-state index in [1.807, 2.05) is 24.3 Å². The molecule has 0 spiro atoms. The number of carboxylic acids is 1. The van der Waals surface area contributed by atoms with E-state index in [0.29, 0.717) is 17.0 Å². The first kappa shape index (κ1) is 20.4. The van der Waals surface area contributed by atoms with Gasteiger partial charge < -0.3 is 20.3 Å². The molecule has 30 heavy (non-hydrogen) atoms. The third-order valence-corrected chi connectivity index (χ3v) is 5.49. The minimum Gasteiger partial charge on any atom is -0.478 e. The zero-order chi connectivity index (χ0) is 21.4. The van der Waals surface area contributed by atoms with Crippen molar-refractivity contribution in [2.75, 3.05) is 12.4 Å². The summed E-state index contributed by atoms with van der Waals surface area (Å²) >= 11 is 12.2. The Morgan fingerprint density at radius 1 is 1.20 bits per heavy atom. The van der Waals surface area contributed by atoms with Crippen molar-refractivity contribution in [1.82, 2.24) is 9.97 Å². The summed E-state index contributed by atoms with van der Waals surface area (Å²) in [4.78, 5) is 20.5. The maximum Gasteiger partial charge on any atom is 0.356 e. The third kappa shape index (κ3) is 3.67. The molecule has 1 aliphatic rings. The number of nitrogens with zero attached hydrogens (tertiary/aromatic N) is 2. The van der Waals surface area contributed by atoms with E-state index >= 15 is 0 Å². The van der Waals surface area contributed by atoms with Crippen LogP contribution in [-0.4, -0.2) is 39.4 Å². The summed E-state index contributed by atoms with van der Waals surface area (Å²) in [5, 5.41) is 24.0. The van der Waals surface area contributed by atoms with Crippen molar-refractivity contribution in [1.29, 1.82) is 0 Å². The molecule has 154 valence electrons. The van der Waals surface area contributed by atoms with Crippen molar-refractivity contribution in [3.8, 4) is 17.1 Å². The molecular formula is C21H17Cl2N3O4. The number of aliphatic hydroxyl groups excluding tert-OH is 1. The molecule has 1 aliphatic carbocycles. The molecule has 0 fully saturated rings. The van der Waals surface area contributed by atoms with Gasteiger partial charge in [-0.25, -0.2) is 14.8 Å². The van der Waals surface area contributed by atoms with Crippen LogP contribution in [-0.2, 0) is 6.42 Å². The van der Waals surface area contributed by atoms with Crippen molar-refractivity contribution in [2.45, 2.75) is 18.6 Å². The van der Waals surface area contributed by atoms with Crippen LogP contribution in [0.5, 0.6) is 5.88 Å². The van der Waals surface area contributed by atoms with Gasteiger partial charge in [0.25, 0.3) is 5.88 Å². The van der Waals surface area contributed by atoms with Crippen molar-refractivity contribution >= 4 is 35.0 Å². The first-order chi connectivity index (χ1) is 14.4. The molecule has 0 unspecified atom stereocenters. The zero-order valence-electron chi connectivity index (χ0n) is 15.8. The van der Waals surface area contributed by atoms with Gasteiger partial charge >= 0.3 is 5.97 Å². The average Bonchev–Trinajstić information content (AvgIpc) is 3.03. The standard InChI is InChI=1S/C21H17Cl2N3O4/c1-30-20-19(24-16-12-5-3-2-4-10(12)8-15(16)27)25-18(21(28)29)17(26-20)13-7-6-11(22)9-14(13)23/h2-7,9,15-16,27H,8H2,1H3,(H,24,25)(H,28,29)/t15-,16+/m0/s1. The molecule has 1 heterocycles. The average molecular weight is 446 g/mol. The number of anilines is 1. The Morgan fingerprint density at radius 3 is 2.67 bits per heavy atom. The molecule has 2 aromatic carbocycles. The van der Waals surface area contributed by atoms with Crippen LogP contribution in [0.15, 0.2) is 42.5 Å². The highest BCUT2D eigenvalue weighted by Crippen LogP contribution is 2.38. The molecule has 4 rings (SSSR count). The second-order valence-electron chi connectivity index (χ2n) is 6.80. The minimum atomic E-state index is -1.28. The van der Waals surface area contributed by atoms with Gasteiger partial charge in [0.05, 0.1) is 24.3 Å². The molecule has 7 nitrogen and oxygen atoms in total. The van der Waals surface area contributed by atoms with Crippen molar-refractivity contribution < 1.29 is 19.7 Å². The molecule has 2 atom stereocenters. The highest BCUT2D eigenvalue weighted by Gasteiger charge is 2.32. The molecule has 0 aliphatic heterocycles. The summed E-state index contributed by atoms with van der Waals surface area (Å²) in [6, 6.07) is 11.8. The van der Waals surface area contributed by atoms with E-state index < -0.39 is 18.1 Å². The highest BCUT2D eigenvalue weighted by molar-refractivity contribution is 6.36. The Morgan fingerprint density at radius 2 is 1.97 bits per heavy atom. The van der Waals surface area contributed by atoms with Crippen LogP contribution in [0.4, 0.5) is 5.82 Å². The topological polar surface area (TPSA) is 105 Å². The fourth-order valence-corrected chi connectivity index (χ4v) is 4.07. The first-order valence-corrected chi connectivity index (χ1v) is 9.81. The van der Waals surface area contributed by atoms with Crippen LogP contribution in [0.2, 0.25) is 10.0 Å². The quantitative estimate of drug-likeness (QED) is 0.539. The molecule has 0 radical (unpaired) electrons. The van der Waals surface area contributed by atoms with E-state index in [9.17, 15) is 15.0 Å². The summed E-state index contributed by atoms with van der Waals surface area (Å²) in [5.74, 6) is -1.08. The SMILES string of the molecule is COc1nc(-c2ccc(Cl)cc2Cl)c(C(=O)O)nc1N[C@@H]1c2ccccc2C[C@@H]1O. The van der Waals surface area contributed by atoms with E-state index in [1.165, 1.54) is 13.2 Å². The van der Waals surface area contributed by atoms with E-state index in [2.05, 4.69) is 15.3 Å². The number of aromatic nitrogens is 2. The van der Waals surface area contributed by atoms with Crippen LogP contribution in [0, 0.1) is 0 Å². The number of carboxylic acid groups (broad SMARTS) is 1. The molecule has 0 saturated heterocycles. The fraction of sp³-hybridized carbons (Fsp3) is 0.190. The van der Waals surface area contributed by atoms with E-state index in [4.69, 9.17) is 27.9 Å². The smallest absolute Gasteiger partial charge is 0.356 e. The number of ether oxygens (including phenoxy) is 1. The number of methoxy groups -OCH3 is 1. The Kier molecular flexibility index (Phi) is 5.51. The molecule has 1 aromatic heterocycles. The van der Waals surface area contributed by atoms with Gasteiger partial charge in [0.15, 0.2) is 11.5 Å². The van der Waals surface area contributed by atoms with Gasteiger partial charge in [0, 0.05) is 17.0 Å². The Hall–Kier alpha value is -2.87. The van der Waals surface area contributed by atoms with Crippen molar-refractivity contribution in [3.63, 3.8) is 0 Å². The maximum absolute atomic E-state index is 11.9. The second-order valence-corrected chi connectivity index (χ2v) is 7.64. The van der Waals surface area contributed by atoms with Gasteiger partial charge in [-0.15, -0.1) is 0 Å². The molecule has 3 N–H and O–H groups in total. The summed E-state index contributed by atoms with van der Waals surface area (Å²) in [6.45, 7) is 0. The van der Waals surface area contributed by atoms with E-state index in [0.717, 1.165) is 11.1 Å². The molecule has 0 amide bonds. The molecule has 0 bridgehead atoms. The number of aromatic carboxylic acids is 1. The lowest BCUT2D eigenvalue weighted by atomic mass is 10.1. The summed E-state index contributed by atoms with van der Waals surface area (Å²) in [6.07, 6.45) is -0.221. The Bertz CT molecular complexity index is 1140. The molecular weight excluding hydrogens is 429 g/mol. The summed E-state index contributed by atoms with van der Waals surface area (Å²) in [5.41, 5.74) is 2.04. The largest absolute Gasteiger partial charge is 0.478 e. The zero-order valence-corrected chi connectivity index (χ0v) is 17.3. The van der Waals surface area contributed by atoms with Crippen LogP contribution >= 0.6 is 23.2 Å². The maximum atomic E-state index is 11.9. The number of hydrogen-bond acceptors (Lipinski definition) is 6. The molecule has 9 heteroatoms. The first-order valence-electron chi connectivity index (χ1n) is 9.06. The number of carbonyl (C=O) groups is 1.